The average Bonchev–Trinajstić information content (AvgIpc) is 3.45. The summed E-state index contributed by atoms with van der Waals surface area (Å²) in [5.41, 5.74) is 0. The van der Waals surface area contributed by atoms with Crippen LogP contribution < -0.4 is 0 Å². The lowest BCUT2D eigenvalue weighted by atomic mass is 10.0. The Labute approximate surface area is 487 Å². The number of carbonyl (C=O) groups excluding carboxylic acids is 3. The van der Waals surface area contributed by atoms with E-state index in [9.17, 15) is 14.4 Å². The zero-order chi connectivity index (χ0) is 57.1. The van der Waals surface area contributed by atoms with Gasteiger partial charge in [-0.3, -0.25) is 14.4 Å². The fraction of sp³-hybridized carbons (Fsp3) is 0.658. The number of ether oxygens (including phenoxy) is 3. The van der Waals surface area contributed by atoms with Gasteiger partial charge in [-0.25, -0.2) is 0 Å². The topological polar surface area (TPSA) is 78.9 Å². The van der Waals surface area contributed by atoms with Crippen molar-refractivity contribution in [2.75, 3.05) is 13.2 Å². The van der Waals surface area contributed by atoms with E-state index in [1.807, 2.05) is 0 Å². The molecule has 0 aromatic heterocycles. The van der Waals surface area contributed by atoms with Gasteiger partial charge in [0.15, 0.2) is 6.10 Å². The van der Waals surface area contributed by atoms with Crippen LogP contribution in [0.5, 0.6) is 0 Å². The first-order chi connectivity index (χ1) is 39.0. The maximum atomic E-state index is 12.9. The van der Waals surface area contributed by atoms with Crippen molar-refractivity contribution in [1.82, 2.24) is 0 Å². The van der Waals surface area contributed by atoms with Gasteiger partial charge in [0.2, 0.25) is 0 Å². The smallest absolute Gasteiger partial charge is 0.306 e. The first-order valence-electron chi connectivity index (χ1n) is 32.7. The summed E-state index contributed by atoms with van der Waals surface area (Å²) in [6, 6.07) is 0. The predicted octanol–water partition coefficient (Wildman–Crippen LogP) is 22.5. The van der Waals surface area contributed by atoms with Crippen LogP contribution in [0.4, 0.5) is 0 Å². The van der Waals surface area contributed by atoms with E-state index in [0.717, 1.165) is 141 Å². The molecule has 1 unspecified atom stereocenters. The molecule has 0 saturated carbocycles. The van der Waals surface area contributed by atoms with E-state index in [1.54, 1.807) is 0 Å². The summed E-state index contributed by atoms with van der Waals surface area (Å²) < 4.78 is 16.9. The van der Waals surface area contributed by atoms with Crippen molar-refractivity contribution in [2.24, 2.45) is 0 Å². The van der Waals surface area contributed by atoms with Crippen molar-refractivity contribution in [2.45, 2.75) is 297 Å². The van der Waals surface area contributed by atoms with Crippen LogP contribution in [0.2, 0.25) is 0 Å². The van der Waals surface area contributed by atoms with Crippen molar-refractivity contribution < 1.29 is 28.6 Å². The van der Waals surface area contributed by atoms with Gasteiger partial charge < -0.3 is 14.2 Å². The second-order valence-electron chi connectivity index (χ2n) is 21.3. The summed E-state index contributed by atoms with van der Waals surface area (Å²) in [5, 5.41) is 0. The highest BCUT2D eigenvalue weighted by atomic mass is 16.6. The first-order valence-corrected chi connectivity index (χ1v) is 32.7. The normalized spacial score (nSPS) is 13.0. The highest BCUT2D eigenvalue weighted by Crippen LogP contribution is 2.16. The van der Waals surface area contributed by atoms with E-state index in [-0.39, 0.29) is 31.1 Å². The van der Waals surface area contributed by atoms with Crippen molar-refractivity contribution in [3.63, 3.8) is 0 Å². The van der Waals surface area contributed by atoms with Crippen molar-refractivity contribution >= 4 is 17.9 Å². The predicted molar refractivity (Wildman–Crippen MR) is 343 cm³/mol. The van der Waals surface area contributed by atoms with Crippen LogP contribution >= 0.6 is 0 Å². The average molecular weight is 1090 g/mol. The summed E-state index contributed by atoms with van der Waals surface area (Å²) in [7, 11) is 0. The molecule has 0 heterocycles. The number of allylic oxidation sites excluding steroid dienone is 22. The van der Waals surface area contributed by atoms with E-state index in [0.29, 0.717) is 25.7 Å². The summed E-state index contributed by atoms with van der Waals surface area (Å²) in [4.78, 5) is 38.3. The third-order valence-electron chi connectivity index (χ3n) is 13.7. The molecule has 1 atom stereocenters. The van der Waals surface area contributed by atoms with E-state index in [4.69, 9.17) is 14.2 Å². The molecule has 79 heavy (non-hydrogen) atoms. The van der Waals surface area contributed by atoms with Crippen LogP contribution in [0.1, 0.15) is 290 Å². The van der Waals surface area contributed by atoms with Gasteiger partial charge in [-0.1, -0.05) is 289 Å². The van der Waals surface area contributed by atoms with E-state index < -0.39 is 6.10 Å². The number of esters is 3. The fourth-order valence-corrected chi connectivity index (χ4v) is 8.83. The summed E-state index contributed by atoms with van der Waals surface area (Å²) >= 11 is 0. The molecule has 0 bridgehead atoms. The van der Waals surface area contributed by atoms with Gasteiger partial charge in [0, 0.05) is 19.3 Å². The Balaban J connectivity index is 4.46. The van der Waals surface area contributed by atoms with Gasteiger partial charge in [-0.15, -0.1) is 0 Å². The minimum absolute atomic E-state index is 0.103. The maximum Gasteiger partial charge on any atom is 0.306 e. The first kappa shape index (κ1) is 74.5. The number of unbranched alkanes of at least 4 members (excludes halogenated alkanes) is 25. The monoisotopic (exact) mass is 1090 g/mol. The third kappa shape index (κ3) is 64.3. The van der Waals surface area contributed by atoms with Gasteiger partial charge in [0.05, 0.1) is 0 Å². The zero-order valence-electron chi connectivity index (χ0n) is 51.3. The summed E-state index contributed by atoms with van der Waals surface area (Å²) in [6.07, 6.45) is 93.2. The Bertz CT molecular complexity index is 1680. The van der Waals surface area contributed by atoms with Crippen LogP contribution in [0, 0.1) is 0 Å². The molecule has 0 aromatic rings. The molecule has 0 spiro atoms. The Morgan fingerprint density at radius 3 is 0.797 bits per heavy atom. The van der Waals surface area contributed by atoms with Crippen molar-refractivity contribution in [3.8, 4) is 0 Å². The molecule has 0 rings (SSSR count). The van der Waals surface area contributed by atoms with Gasteiger partial charge >= 0.3 is 17.9 Å². The molecular weight excluding hydrogens is 973 g/mol. The molecule has 448 valence electrons. The molecule has 0 fully saturated rings. The Morgan fingerprint density at radius 2 is 0.494 bits per heavy atom. The molecule has 0 amide bonds. The molecule has 0 radical (unpaired) electrons. The minimum Gasteiger partial charge on any atom is -0.462 e. The van der Waals surface area contributed by atoms with Crippen molar-refractivity contribution in [1.29, 1.82) is 0 Å². The molecule has 0 aliphatic rings. The van der Waals surface area contributed by atoms with Crippen LogP contribution in [0.15, 0.2) is 134 Å². The SMILES string of the molecule is CC/C=C\C/C=C\C/C=C\C/C=C\C/C=C\C/C=C\C/C=C\C/C=C\CCCCC(=O)OCC(COC(=O)CCCCCCC/C=C\C/C=C\C/C=C\CC)OC(=O)CCCCCCCCCCCCCCCCCCCCC. The lowest BCUT2D eigenvalue weighted by molar-refractivity contribution is -0.167. The lowest BCUT2D eigenvalue weighted by Crippen LogP contribution is -2.30. The second-order valence-corrected chi connectivity index (χ2v) is 21.3. The Hall–Kier alpha value is -4.45. The number of hydrogen-bond donors (Lipinski definition) is 0. The maximum absolute atomic E-state index is 12.9. The largest absolute Gasteiger partial charge is 0.462 e. The van der Waals surface area contributed by atoms with Crippen LogP contribution in [-0.4, -0.2) is 37.2 Å². The molecule has 0 aromatic carbocycles. The minimum atomic E-state index is -0.808. The Kier molecular flexibility index (Phi) is 62.3. The number of carbonyl (C=O) groups is 3. The quantitative estimate of drug-likeness (QED) is 0.0261. The molecule has 0 aliphatic heterocycles. The van der Waals surface area contributed by atoms with E-state index >= 15 is 0 Å². The molecule has 0 N–H and O–H groups in total. The van der Waals surface area contributed by atoms with Crippen LogP contribution in [-0.2, 0) is 28.6 Å². The third-order valence-corrected chi connectivity index (χ3v) is 13.7. The fourth-order valence-electron chi connectivity index (χ4n) is 8.83. The van der Waals surface area contributed by atoms with E-state index in [2.05, 4.69) is 154 Å². The van der Waals surface area contributed by atoms with Gasteiger partial charge in [-0.2, -0.15) is 0 Å². The molecule has 6 heteroatoms. The Morgan fingerprint density at radius 1 is 0.266 bits per heavy atom. The number of rotatable bonds is 58. The van der Waals surface area contributed by atoms with Gasteiger partial charge in [-0.05, 0) is 116 Å². The molecular formula is C73H120O6. The van der Waals surface area contributed by atoms with Gasteiger partial charge in [0.1, 0.15) is 13.2 Å². The van der Waals surface area contributed by atoms with Gasteiger partial charge in [0.25, 0.3) is 0 Å². The molecule has 0 aliphatic carbocycles. The van der Waals surface area contributed by atoms with Crippen LogP contribution in [0.3, 0.4) is 0 Å². The number of hydrogen-bond acceptors (Lipinski definition) is 6. The van der Waals surface area contributed by atoms with E-state index in [1.165, 1.54) is 103 Å². The molecule has 6 nitrogen and oxygen atoms in total. The standard InChI is InChI=1S/C73H120O6/c1-4-7-10-13-16-19-22-25-28-30-32-33-34-35-36-37-38-39-41-42-45-48-51-54-57-60-63-66-72(75)78-69-70(68-77-71(74)65-62-59-56-53-50-47-44-27-24-21-18-15-12-9-6-3)79-73(76)67-64-61-58-55-52-49-46-43-40-31-29-26-23-20-17-14-11-8-5-2/h7,9-10,12,16,18-19,21,25,27-28,32-33,35-36,38-39,42,44-45,51,54,70H,4-6,8,11,13-15,17,20,22-24,26,29-31,34,37,40-41,43,46-50,52-53,55-69H2,1-3H3/b10-7-,12-9-,19-16-,21-18-,28-25-,33-32-,36-35-,39-38-,44-27-,45-42-,54-51-. The highest BCUT2D eigenvalue weighted by molar-refractivity contribution is 5.71. The highest BCUT2D eigenvalue weighted by Gasteiger charge is 2.19. The summed E-state index contributed by atoms with van der Waals surface area (Å²) in [6.45, 7) is 6.38. The lowest BCUT2D eigenvalue weighted by Gasteiger charge is -2.18. The van der Waals surface area contributed by atoms with Crippen LogP contribution in [0.25, 0.3) is 0 Å². The van der Waals surface area contributed by atoms with Crippen molar-refractivity contribution in [3.05, 3.63) is 134 Å². The summed E-state index contributed by atoms with van der Waals surface area (Å²) in [5.74, 6) is -0.957. The zero-order valence-corrected chi connectivity index (χ0v) is 51.3. The molecule has 0 saturated heterocycles. The second kappa shape index (κ2) is 66.1.